The molecule has 0 radical (unpaired) electrons. The average Bonchev–Trinajstić information content (AvgIpc) is 2.88. The monoisotopic (exact) mass is 450 g/mol. The lowest BCUT2D eigenvalue weighted by Crippen LogP contribution is -2.61. The summed E-state index contributed by atoms with van der Waals surface area (Å²) in [6, 6.07) is 0. The lowest BCUT2D eigenvalue weighted by atomic mass is 9.68. The van der Waals surface area contributed by atoms with E-state index < -0.39 is 44.0 Å². The zero-order valence-electron chi connectivity index (χ0n) is 20.2. The topological polar surface area (TPSA) is 82.1 Å². The Morgan fingerprint density at radius 1 is 1.39 bits per heavy atom. The number of esters is 2. The Kier molecular flexibility index (Phi) is 7.45. The van der Waals surface area contributed by atoms with Crippen molar-refractivity contribution in [3.8, 4) is 0 Å². The van der Waals surface area contributed by atoms with Crippen LogP contribution in [0.5, 0.6) is 0 Å². The van der Waals surface area contributed by atoms with Gasteiger partial charge in [0.1, 0.15) is 11.7 Å². The van der Waals surface area contributed by atoms with Crippen molar-refractivity contribution in [3.63, 3.8) is 0 Å². The maximum atomic E-state index is 12.9. The summed E-state index contributed by atoms with van der Waals surface area (Å²) in [6.45, 7) is 20.6. The van der Waals surface area contributed by atoms with E-state index in [2.05, 4.69) is 40.4 Å². The fraction of sp³-hybridized carbons (Fsp3) is 0.667. The second kappa shape index (κ2) is 9.04. The highest BCUT2D eigenvalue weighted by molar-refractivity contribution is 6.74. The zero-order valence-corrected chi connectivity index (χ0v) is 21.2. The molecule has 0 aromatic carbocycles. The average molecular weight is 451 g/mol. The number of fused-ring (bicyclic) bond motifs is 1. The van der Waals surface area contributed by atoms with Crippen molar-refractivity contribution < 1.29 is 28.6 Å². The normalized spacial score (nSPS) is 30.8. The Hall–Kier alpha value is -1.70. The molecule has 31 heavy (non-hydrogen) atoms. The largest absolute Gasteiger partial charge is 0.466 e. The van der Waals surface area contributed by atoms with Crippen LogP contribution in [0.2, 0.25) is 18.1 Å². The third-order valence-corrected chi connectivity index (χ3v) is 11.0. The van der Waals surface area contributed by atoms with Crippen LogP contribution in [-0.2, 0) is 23.5 Å². The summed E-state index contributed by atoms with van der Waals surface area (Å²) < 4.78 is 17.5. The second-order valence-electron chi connectivity index (χ2n) is 10.3. The van der Waals surface area contributed by atoms with Crippen molar-refractivity contribution in [1.29, 1.82) is 0 Å². The fourth-order valence-corrected chi connectivity index (χ4v) is 5.01. The van der Waals surface area contributed by atoms with Crippen molar-refractivity contribution >= 4 is 20.3 Å². The Balaban J connectivity index is 2.56. The van der Waals surface area contributed by atoms with E-state index in [0.29, 0.717) is 5.57 Å². The molecule has 1 saturated heterocycles. The summed E-state index contributed by atoms with van der Waals surface area (Å²) in [5, 5.41) is 11.8. The molecule has 174 valence electrons. The number of carbonyl (C=O) groups is 2. The van der Waals surface area contributed by atoms with Crippen LogP contribution in [-0.4, -0.2) is 49.8 Å². The third-order valence-electron chi connectivity index (χ3n) is 6.55. The van der Waals surface area contributed by atoms with Crippen LogP contribution < -0.4 is 0 Å². The first-order valence-corrected chi connectivity index (χ1v) is 13.9. The first-order valence-electron chi connectivity index (χ1n) is 11.0. The molecule has 1 N–H and O–H groups in total. The van der Waals surface area contributed by atoms with Gasteiger partial charge in [-0.05, 0) is 49.0 Å². The molecule has 0 spiro atoms. The molecule has 2 rings (SSSR count). The van der Waals surface area contributed by atoms with Gasteiger partial charge in [0.2, 0.25) is 0 Å². The third kappa shape index (κ3) is 4.88. The lowest BCUT2D eigenvalue weighted by molar-refractivity contribution is -0.172. The van der Waals surface area contributed by atoms with Crippen LogP contribution in [0.25, 0.3) is 0 Å². The van der Waals surface area contributed by atoms with Crippen LogP contribution >= 0.6 is 0 Å². The van der Waals surface area contributed by atoms with Gasteiger partial charge in [-0.3, -0.25) is 4.79 Å². The van der Waals surface area contributed by atoms with Gasteiger partial charge in [0.25, 0.3) is 0 Å². The molecular formula is C24H38O6Si. The predicted molar refractivity (Wildman–Crippen MR) is 123 cm³/mol. The number of aliphatic hydroxyl groups is 1. The Bertz CT molecular complexity index is 788. The molecule has 1 saturated carbocycles. The highest BCUT2D eigenvalue weighted by atomic mass is 28.4. The molecule has 4 atom stereocenters. The summed E-state index contributed by atoms with van der Waals surface area (Å²) in [6.07, 6.45) is 3.58. The highest BCUT2D eigenvalue weighted by Crippen LogP contribution is 2.50. The summed E-state index contributed by atoms with van der Waals surface area (Å²) in [5.74, 6) is -1.94. The van der Waals surface area contributed by atoms with Crippen LogP contribution in [0.4, 0.5) is 0 Å². The minimum atomic E-state index is -2.29. The van der Waals surface area contributed by atoms with Crippen molar-refractivity contribution in [2.24, 2.45) is 11.8 Å². The predicted octanol–water partition coefficient (Wildman–Crippen LogP) is 4.31. The van der Waals surface area contributed by atoms with E-state index in [4.69, 9.17) is 13.9 Å². The SMILES string of the molecule is C=C1C[C@@H](C(=O)OCC)[C@]2(O)/C(=C/C=C/C(C)C)C(=O)O[C@@H]2[C@@H]1O[Si](C)(C)C(C)(C)C. The zero-order chi connectivity index (χ0) is 23.8. The molecule has 1 aliphatic heterocycles. The number of allylic oxidation sites excluding steroid dienone is 3. The van der Waals surface area contributed by atoms with Crippen molar-refractivity contribution in [2.75, 3.05) is 6.61 Å². The van der Waals surface area contributed by atoms with Gasteiger partial charge >= 0.3 is 11.9 Å². The standard InChI is InChI=1S/C24H38O6Si/c1-10-28-21(25)18-14-16(4)19(30-31(8,9)23(5,6)7)20-24(18,27)17(22(26)29-20)13-11-12-15(2)3/h11-13,15,18-20,27H,4,10,14H2,1-3,5-9H3/b12-11+,17-13+/t18-,19+,20+,24+/m0/s1. The van der Waals surface area contributed by atoms with E-state index in [1.54, 1.807) is 19.1 Å². The van der Waals surface area contributed by atoms with Gasteiger partial charge in [0.15, 0.2) is 14.4 Å². The van der Waals surface area contributed by atoms with Gasteiger partial charge in [0.05, 0.1) is 18.1 Å². The number of ether oxygens (including phenoxy) is 2. The molecule has 0 aromatic heterocycles. The van der Waals surface area contributed by atoms with Crippen LogP contribution in [0, 0.1) is 11.8 Å². The summed E-state index contributed by atoms with van der Waals surface area (Å²) >= 11 is 0. The van der Waals surface area contributed by atoms with E-state index in [1.807, 2.05) is 19.9 Å². The minimum absolute atomic E-state index is 0.0591. The molecule has 1 aliphatic carbocycles. The van der Waals surface area contributed by atoms with E-state index in [9.17, 15) is 14.7 Å². The molecule has 7 heteroatoms. The molecule has 1 heterocycles. The molecule has 0 aromatic rings. The van der Waals surface area contributed by atoms with Crippen LogP contribution in [0.15, 0.2) is 36.0 Å². The number of hydrogen-bond donors (Lipinski definition) is 1. The highest BCUT2D eigenvalue weighted by Gasteiger charge is 2.66. The van der Waals surface area contributed by atoms with Gasteiger partial charge in [-0.15, -0.1) is 0 Å². The van der Waals surface area contributed by atoms with Crippen molar-refractivity contribution in [3.05, 3.63) is 36.0 Å². The molecule has 2 aliphatic rings. The quantitative estimate of drug-likeness (QED) is 0.281. The molecule has 0 unspecified atom stereocenters. The molecule has 0 bridgehead atoms. The van der Waals surface area contributed by atoms with Crippen LogP contribution in [0.1, 0.15) is 48.0 Å². The van der Waals surface area contributed by atoms with Gasteiger partial charge < -0.3 is 19.0 Å². The van der Waals surface area contributed by atoms with E-state index in [0.717, 1.165) is 0 Å². The molecular weight excluding hydrogens is 412 g/mol. The van der Waals surface area contributed by atoms with Crippen LogP contribution in [0.3, 0.4) is 0 Å². The van der Waals surface area contributed by atoms with Gasteiger partial charge in [-0.25, -0.2) is 4.79 Å². The molecule has 6 nitrogen and oxygen atoms in total. The van der Waals surface area contributed by atoms with Crippen molar-refractivity contribution in [2.45, 2.75) is 83.9 Å². The second-order valence-corrected chi connectivity index (χ2v) is 15.1. The van der Waals surface area contributed by atoms with Crippen molar-refractivity contribution in [1.82, 2.24) is 0 Å². The van der Waals surface area contributed by atoms with E-state index in [1.165, 1.54) is 0 Å². The Labute approximate surface area is 187 Å². The smallest absolute Gasteiger partial charge is 0.337 e. The van der Waals surface area contributed by atoms with Gasteiger partial charge in [-0.1, -0.05) is 53.3 Å². The summed E-state index contributed by atoms with van der Waals surface area (Å²) in [7, 11) is -2.29. The number of hydrogen-bond acceptors (Lipinski definition) is 6. The first-order chi connectivity index (χ1) is 14.2. The van der Waals surface area contributed by atoms with Gasteiger partial charge in [0, 0.05) is 0 Å². The Morgan fingerprint density at radius 2 is 2.00 bits per heavy atom. The molecule has 2 fully saturated rings. The molecule has 0 amide bonds. The van der Waals surface area contributed by atoms with E-state index >= 15 is 0 Å². The maximum Gasteiger partial charge on any atom is 0.337 e. The first kappa shape index (κ1) is 25.6. The number of rotatable bonds is 6. The lowest BCUT2D eigenvalue weighted by Gasteiger charge is -2.47. The minimum Gasteiger partial charge on any atom is -0.466 e. The van der Waals surface area contributed by atoms with E-state index in [-0.39, 0.29) is 29.6 Å². The summed E-state index contributed by atoms with van der Waals surface area (Å²) in [5.41, 5.74) is -1.16. The maximum absolute atomic E-state index is 12.9. The Morgan fingerprint density at radius 3 is 2.52 bits per heavy atom. The fourth-order valence-electron chi connectivity index (χ4n) is 3.73. The number of carbonyl (C=O) groups excluding carboxylic acids is 2. The van der Waals surface area contributed by atoms with Gasteiger partial charge in [-0.2, -0.15) is 0 Å². The summed E-state index contributed by atoms with van der Waals surface area (Å²) in [4.78, 5) is 25.7.